The van der Waals surface area contributed by atoms with Crippen LogP contribution in [0.1, 0.15) is 29.5 Å². The zero-order valence-electron chi connectivity index (χ0n) is 15.4. The maximum absolute atomic E-state index is 12.2. The Kier molecular flexibility index (Phi) is 5.26. The number of hydrogen-bond donors (Lipinski definition) is 2. The first-order chi connectivity index (χ1) is 12.4. The number of nitrogens with one attached hydrogen (secondary N) is 2. The van der Waals surface area contributed by atoms with E-state index in [1.54, 1.807) is 6.07 Å². The molecular weight excluding hydrogens is 328 g/mol. The lowest BCUT2D eigenvalue weighted by molar-refractivity contribution is -0.118. The SMILES string of the molecule is Cc1ccc(C)c(OCC(=O)Nc2ccc(C)c(NC(=O)C3CC3)c2)c1. The van der Waals surface area contributed by atoms with Crippen molar-refractivity contribution in [3.63, 3.8) is 0 Å². The van der Waals surface area contributed by atoms with Crippen molar-refractivity contribution in [2.75, 3.05) is 17.2 Å². The zero-order chi connectivity index (χ0) is 18.7. The Hall–Kier alpha value is -2.82. The largest absolute Gasteiger partial charge is 0.483 e. The van der Waals surface area contributed by atoms with Gasteiger partial charge >= 0.3 is 0 Å². The van der Waals surface area contributed by atoms with Gasteiger partial charge in [0.1, 0.15) is 5.75 Å². The molecule has 3 rings (SSSR count). The molecule has 2 amide bonds. The number of anilines is 2. The van der Waals surface area contributed by atoms with Gasteiger partial charge in [-0.25, -0.2) is 0 Å². The third-order valence-electron chi connectivity index (χ3n) is 4.43. The maximum atomic E-state index is 12.2. The fraction of sp³-hybridized carbons (Fsp3) is 0.333. The Morgan fingerprint density at radius 1 is 1.00 bits per heavy atom. The standard InChI is InChI=1S/C21H24N2O3/c1-13-4-5-15(3)19(10-13)26-12-20(24)22-17-9-6-14(2)18(11-17)23-21(25)16-7-8-16/h4-6,9-11,16H,7-8,12H2,1-3H3,(H,22,24)(H,23,25). The van der Waals surface area contributed by atoms with Gasteiger partial charge in [0.25, 0.3) is 5.91 Å². The molecule has 5 nitrogen and oxygen atoms in total. The van der Waals surface area contributed by atoms with Crippen LogP contribution in [0.2, 0.25) is 0 Å². The van der Waals surface area contributed by atoms with Crippen molar-refractivity contribution < 1.29 is 14.3 Å². The van der Waals surface area contributed by atoms with Gasteiger partial charge in [0.2, 0.25) is 5.91 Å². The van der Waals surface area contributed by atoms with Crippen molar-refractivity contribution in [3.05, 3.63) is 53.1 Å². The first-order valence-electron chi connectivity index (χ1n) is 8.84. The van der Waals surface area contributed by atoms with Crippen LogP contribution in [0.5, 0.6) is 5.75 Å². The zero-order valence-corrected chi connectivity index (χ0v) is 15.4. The topological polar surface area (TPSA) is 67.4 Å². The minimum atomic E-state index is -0.241. The molecule has 136 valence electrons. The highest BCUT2D eigenvalue weighted by molar-refractivity contribution is 5.96. The molecule has 0 atom stereocenters. The molecule has 0 unspecified atom stereocenters. The Balaban J connectivity index is 1.60. The van der Waals surface area contributed by atoms with Crippen LogP contribution in [0.25, 0.3) is 0 Å². The van der Waals surface area contributed by atoms with Crippen molar-refractivity contribution in [3.8, 4) is 5.75 Å². The van der Waals surface area contributed by atoms with Crippen LogP contribution in [-0.2, 0) is 9.59 Å². The van der Waals surface area contributed by atoms with E-state index >= 15 is 0 Å². The molecule has 1 fully saturated rings. The molecule has 2 aromatic carbocycles. The normalized spacial score (nSPS) is 13.2. The summed E-state index contributed by atoms with van der Waals surface area (Å²) in [7, 11) is 0. The predicted octanol–water partition coefficient (Wildman–Crippen LogP) is 3.98. The number of hydrogen-bond acceptors (Lipinski definition) is 3. The highest BCUT2D eigenvalue weighted by atomic mass is 16.5. The van der Waals surface area contributed by atoms with Gasteiger partial charge in [-0.2, -0.15) is 0 Å². The average Bonchev–Trinajstić information content (AvgIpc) is 3.44. The summed E-state index contributed by atoms with van der Waals surface area (Å²) in [5.74, 6) is 0.657. The van der Waals surface area contributed by atoms with Gasteiger partial charge in [-0.15, -0.1) is 0 Å². The second-order valence-corrected chi connectivity index (χ2v) is 6.90. The summed E-state index contributed by atoms with van der Waals surface area (Å²) < 4.78 is 5.63. The summed E-state index contributed by atoms with van der Waals surface area (Å²) in [4.78, 5) is 24.2. The number of benzene rings is 2. The molecule has 1 saturated carbocycles. The van der Waals surface area contributed by atoms with E-state index in [1.807, 2.05) is 51.1 Å². The highest BCUT2D eigenvalue weighted by Gasteiger charge is 2.29. The van der Waals surface area contributed by atoms with E-state index in [1.165, 1.54) is 0 Å². The van der Waals surface area contributed by atoms with Gasteiger partial charge in [0.05, 0.1) is 0 Å². The molecule has 1 aliphatic rings. The van der Waals surface area contributed by atoms with Crippen LogP contribution >= 0.6 is 0 Å². The van der Waals surface area contributed by atoms with Gasteiger partial charge in [-0.3, -0.25) is 9.59 Å². The molecule has 0 bridgehead atoms. The monoisotopic (exact) mass is 352 g/mol. The molecule has 0 saturated heterocycles. The van der Waals surface area contributed by atoms with Crippen LogP contribution in [-0.4, -0.2) is 18.4 Å². The Labute approximate surface area is 153 Å². The van der Waals surface area contributed by atoms with Crippen LogP contribution in [0.3, 0.4) is 0 Å². The lowest BCUT2D eigenvalue weighted by Crippen LogP contribution is -2.21. The molecule has 0 aromatic heterocycles. The third kappa shape index (κ3) is 4.63. The number of aryl methyl sites for hydroxylation is 3. The molecule has 0 aliphatic heterocycles. The second kappa shape index (κ2) is 7.60. The first-order valence-corrected chi connectivity index (χ1v) is 8.84. The van der Waals surface area contributed by atoms with Gasteiger partial charge in [0.15, 0.2) is 6.61 Å². The van der Waals surface area contributed by atoms with Crippen molar-refractivity contribution in [2.45, 2.75) is 33.6 Å². The van der Waals surface area contributed by atoms with Crippen LogP contribution in [0, 0.1) is 26.7 Å². The lowest BCUT2D eigenvalue weighted by Gasteiger charge is -2.13. The predicted molar refractivity (Wildman–Crippen MR) is 103 cm³/mol. The molecule has 0 radical (unpaired) electrons. The van der Waals surface area contributed by atoms with Gasteiger partial charge < -0.3 is 15.4 Å². The van der Waals surface area contributed by atoms with E-state index in [9.17, 15) is 9.59 Å². The number of carbonyl (C=O) groups excluding carboxylic acids is 2. The van der Waals surface area contributed by atoms with Gasteiger partial charge in [-0.05, 0) is 68.5 Å². The maximum Gasteiger partial charge on any atom is 0.262 e. The minimum Gasteiger partial charge on any atom is -0.483 e. The summed E-state index contributed by atoms with van der Waals surface area (Å²) in [6, 6.07) is 11.4. The summed E-state index contributed by atoms with van der Waals surface area (Å²) in [6.07, 6.45) is 1.91. The van der Waals surface area contributed by atoms with Gasteiger partial charge in [-0.1, -0.05) is 18.2 Å². The van der Waals surface area contributed by atoms with Crippen LogP contribution in [0.15, 0.2) is 36.4 Å². The fourth-order valence-corrected chi connectivity index (χ4v) is 2.62. The molecule has 2 N–H and O–H groups in total. The van der Waals surface area contributed by atoms with Crippen molar-refractivity contribution >= 4 is 23.2 Å². The van der Waals surface area contributed by atoms with Gasteiger partial charge in [0, 0.05) is 17.3 Å². The summed E-state index contributed by atoms with van der Waals surface area (Å²) in [6.45, 7) is 5.79. The van der Waals surface area contributed by atoms with Crippen molar-refractivity contribution in [2.24, 2.45) is 5.92 Å². The number of rotatable bonds is 6. The molecule has 26 heavy (non-hydrogen) atoms. The number of amides is 2. The van der Waals surface area contributed by atoms with E-state index in [0.29, 0.717) is 11.4 Å². The third-order valence-corrected chi connectivity index (χ3v) is 4.43. The average molecular weight is 352 g/mol. The van der Waals surface area contributed by atoms with E-state index < -0.39 is 0 Å². The van der Waals surface area contributed by atoms with Crippen LogP contribution < -0.4 is 15.4 Å². The quantitative estimate of drug-likeness (QED) is 0.826. The Morgan fingerprint density at radius 3 is 2.46 bits per heavy atom. The highest BCUT2D eigenvalue weighted by Crippen LogP contribution is 2.31. The second-order valence-electron chi connectivity index (χ2n) is 6.90. The molecule has 5 heteroatoms. The Morgan fingerprint density at radius 2 is 1.73 bits per heavy atom. The van der Waals surface area contributed by atoms with Crippen LogP contribution in [0.4, 0.5) is 11.4 Å². The number of carbonyl (C=O) groups is 2. The lowest BCUT2D eigenvalue weighted by atomic mass is 10.1. The summed E-state index contributed by atoms with van der Waals surface area (Å²) in [5, 5.41) is 5.75. The number of ether oxygens (including phenoxy) is 1. The molecule has 0 spiro atoms. The summed E-state index contributed by atoms with van der Waals surface area (Å²) in [5.41, 5.74) is 4.40. The van der Waals surface area contributed by atoms with E-state index in [4.69, 9.17) is 4.74 Å². The smallest absolute Gasteiger partial charge is 0.262 e. The fourth-order valence-electron chi connectivity index (χ4n) is 2.62. The van der Waals surface area contributed by atoms with E-state index in [0.717, 1.165) is 35.2 Å². The molecular formula is C21H24N2O3. The first kappa shape index (κ1) is 18.0. The van der Waals surface area contributed by atoms with E-state index in [-0.39, 0.29) is 24.3 Å². The summed E-state index contributed by atoms with van der Waals surface area (Å²) >= 11 is 0. The molecule has 2 aromatic rings. The Bertz CT molecular complexity index is 841. The van der Waals surface area contributed by atoms with Crippen molar-refractivity contribution in [1.82, 2.24) is 0 Å². The molecule has 0 heterocycles. The molecule has 1 aliphatic carbocycles. The van der Waals surface area contributed by atoms with Crippen molar-refractivity contribution in [1.29, 1.82) is 0 Å². The minimum absolute atomic E-state index is 0.0508. The van der Waals surface area contributed by atoms with E-state index in [2.05, 4.69) is 10.6 Å².